The maximum atomic E-state index is 13.6. The van der Waals surface area contributed by atoms with Gasteiger partial charge in [0.05, 0.1) is 19.1 Å². The molecule has 41 heavy (non-hydrogen) atoms. The second-order valence-electron chi connectivity index (χ2n) is 9.09. The summed E-state index contributed by atoms with van der Waals surface area (Å²) in [5.74, 6) is -0.524. The number of benzene rings is 2. The van der Waals surface area contributed by atoms with E-state index in [2.05, 4.69) is 20.6 Å². The number of sulfonamides is 1. The van der Waals surface area contributed by atoms with Crippen LogP contribution in [0.15, 0.2) is 48.7 Å². The van der Waals surface area contributed by atoms with E-state index in [4.69, 9.17) is 9.47 Å². The van der Waals surface area contributed by atoms with Crippen molar-refractivity contribution in [3.63, 3.8) is 0 Å². The third-order valence-corrected chi connectivity index (χ3v) is 7.11. The molecule has 0 bridgehead atoms. The number of methoxy groups -OCH3 is 1. The van der Waals surface area contributed by atoms with Crippen molar-refractivity contribution < 1.29 is 35.9 Å². The highest BCUT2D eigenvalue weighted by molar-refractivity contribution is 7.88. The second kappa shape index (κ2) is 13.6. The van der Waals surface area contributed by atoms with Crippen LogP contribution < -0.4 is 20.1 Å². The number of anilines is 3. The lowest BCUT2D eigenvalue weighted by Crippen LogP contribution is -2.21. The highest BCUT2D eigenvalue weighted by Gasteiger charge is 2.37. The lowest BCUT2D eigenvalue weighted by molar-refractivity contribution is -0.139. The number of amides is 1. The van der Waals surface area contributed by atoms with Gasteiger partial charge in [0.1, 0.15) is 17.4 Å². The number of hydrogen-bond donors (Lipinski definition) is 2. The molecule has 1 aliphatic rings. The second-order valence-corrected chi connectivity index (χ2v) is 11.3. The Balaban J connectivity index is 0.000000655. The summed E-state index contributed by atoms with van der Waals surface area (Å²) in [6.45, 7) is 1.37. The van der Waals surface area contributed by atoms with Gasteiger partial charge in [-0.15, -0.1) is 0 Å². The molecule has 1 amide bonds. The molecule has 14 heteroatoms. The summed E-state index contributed by atoms with van der Waals surface area (Å²) >= 11 is 0. The molecule has 0 atom stereocenters. The van der Waals surface area contributed by atoms with Gasteiger partial charge in [-0.3, -0.25) is 4.79 Å². The van der Waals surface area contributed by atoms with E-state index < -0.39 is 33.7 Å². The van der Waals surface area contributed by atoms with Gasteiger partial charge >= 0.3 is 6.18 Å². The molecule has 0 saturated heterocycles. The number of ether oxygens (including phenoxy) is 2. The molecule has 2 N–H and O–H groups in total. The first kappa shape index (κ1) is 33.3. The van der Waals surface area contributed by atoms with Gasteiger partial charge in [0.2, 0.25) is 27.8 Å². The lowest BCUT2D eigenvalue weighted by Gasteiger charge is -2.18. The Morgan fingerprint density at radius 1 is 1.10 bits per heavy atom. The largest absolute Gasteiger partial charge is 0.494 e. The average Bonchev–Trinajstić information content (AvgIpc) is 3.26. The van der Waals surface area contributed by atoms with Gasteiger partial charge < -0.3 is 20.1 Å². The molecule has 4 rings (SSSR count). The number of nitrogens with zero attached hydrogens (tertiary/aromatic N) is 3. The fourth-order valence-electron chi connectivity index (χ4n) is 3.67. The molecule has 0 spiro atoms. The van der Waals surface area contributed by atoms with E-state index in [0.717, 1.165) is 21.7 Å². The van der Waals surface area contributed by atoms with Crippen LogP contribution in [-0.4, -0.2) is 62.2 Å². The van der Waals surface area contributed by atoms with Crippen LogP contribution in [0.5, 0.6) is 11.6 Å². The molecule has 2 aromatic carbocycles. The summed E-state index contributed by atoms with van der Waals surface area (Å²) in [7, 11) is 1.51. The van der Waals surface area contributed by atoms with Crippen molar-refractivity contribution in [3.05, 3.63) is 65.4 Å². The molecule has 1 aliphatic carbocycles. The Labute approximate surface area is 238 Å². The van der Waals surface area contributed by atoms with Crippen molar-refractivity contribution in [2.75, 3.05) is 38.1 Å². The van der Waals surface area contributed by atoms with Crippen LogP contribution in [0, 0.1) is 0 Å². The standard InChI is InChI=1S/C23H21F3N4O3.C3H9NO2S.CH4/c1-13(31)28-16-7-8-19(20(11-16)32-2)29-22-27-12-18(23(24,25)26)21(30-22)33-17-9-14-5-3-4-6-15(14)10-17;1-4(2)7(3,5)6;/h3-8,11-12,17H,9-10H2,1-2H3,(H,28,31)(H,27,29,30);1-3H3;1H4. The smallest absolute Gasteiger partial charge is 0.423 e. The monoisotopic (exact) mass is 597 g/mol. The number of alkyl halides is 3. The van der Waals surface area contributed by atoms with Gasteiger partial charge in [0, 0.05) is 51.8 Å². The predicted molar refractivity (Wildman–Crippen MR) is 151 cm³/mol. The van der Waals surface area contributed by atoms with Crippen molar-refractivity contribution in [3.8, 4) is 11.6 Å². The fourth-order valence-corrected chi connectivity index (χ4v) is 3.67. The van der Waals surface area contributed by atoms with Crippen molar-refractivity contribution in [1.29, 1.82) is 0 Å². The summed E-state index contributed by atoms with van der Waals surface area (Å²) in [5, 5.41) is 5.49. The summed E-state index contributed by atoms with van der Waals surface area (Å²) in [6.07, 6.45) is -2.27. The maximum Gasteiger partial charge on any atom is 0.423 e. The first-order valence-corrected chi connectivity index (χ1v) is 13.8. The molecule has 224 valence electrons. The molecule has 1 aromatic heterocycles. The molecule has 0 unspecified atom stereocenters. The van der Waals surface area contributed by atoms with Gasteiger partial charge in [-0.25, -0.2) is 17.7 Å². The molecule has 0 fully saturated rings. The molecule has 1 heterocycles. The van der Waals surface area contributed by atoms with Crippen LogP contribution in [0.4, 0.5) is 30.5 Å². The molecule has 0 saturated carbocycles. The summed E-state index contributed by atoms with van der Waals surface area (Å²) < 4.78 is 73.4. The molecular formula is C27H34F3N5O5S. The molecule has 0 radical (unpaired) electrons. The van der Waals surface area contributed by atoms with E-state index in [9.17, 15) is 26.4 Å². The molecule has 3 aromatic rings. The first-order chi connectivity index (χ1) is 18.7. The Kier molecular flexibility index (Phi) is 11.1. The third kappa shape index (κ3) is 9.32. The number of hydrogen-bond acceptors (Lipinski definition) is 8. The van der Waals surface area contributed by atoms with Gasteiger partial charge in [-0.2, -0.15) is 18.2 Å². The van der Waals surface area contributed by atoms with Crippen molar-refractivity contribution in [1.82, 2.24) is 14.3 Å². The molecular weight excluding hydrogens is 563 g/mol. The van der Waals surface area contributed by atoms with Crippen LogP contribution in [0.3, 0.4) is 0 Å². The Morgan fingerprint density at radius 2 is 1.68 bits per heavy atom. The number of halogens is 3. The number of nitrogens with one attached hydrogen (secondary N) is 2. The van der Waals surface area contributed by atoms with Gasteiger partial charge in [0.15, 0.2) is 0 Å². The van der Waals surface area contributed by atoms with Crippen LogP contribution in [0.1, 0.15) is 31.0 Å². The van der Waals surface area contributed by atoms with E-state index >= 15 is 0 Å². The Bertz CT molecular complexity index is 1440. The zero-order valence-corrected chi connectivity index (χ0v) is 23.4. The lowest BCUT2D eigenvalue weighted by atomic mass is 10.1. The number of aromatic nitrogens is 2. The van der Waals surface area contributed by atoms with Crippen molar-refractivity contribution in [2.45, 2.75) is 39.5 Å². The van der Waals surface area contributed by atoms with Crippen molar-refractivity contribution >= 4 is 33.3 Å². The normalized spacial score (nSPS) is 12.9. The number of rotatable bonds is 7. The first-order valence-electron chi connectivity index (χ1n) is 11.9. The topological polar surface area (TPSA) is 123 Å². The average molecular weight is 598 g/mol. The fraction of sp³-hybridized carbons (Fsp3) is 0.370. The predicted octanol–water partition coefficient (Wildman–Crippen LogP) is 4.90. The number of carbonyl (C=O) groups is 1. The minimum atomic E-state index is -4.67. The molecule has 0 aliphatic heterocycles. The maximum absolute atomic E-state index is 13.6. The number of fused-ring (bicyclic) bond motifs is 1. The highest BCUT2D eigenvalue weighted by Crippen LogP contribution is 2.37. The Hall–Kier alpha value is -3.91. The van der Waals surface area contributed by atoms with Crippen LogP contribution in [0.2, 0.25) is 0 Å². The van der Waals surface area contributed by atoms with Crippen LogP contribution in [0.25, 0.3) is 0 Å². The van der Waals surface area contributed by atoms with E-state index in [1.807, 2.05) is 24.3 Å². The van der Waals surface area contributed by atoms with Gasteiger partial charge in [-0.1, -0.05) is 31.7 Å². The van der Waals surface area contributed by atoms with E-state index in [0.29, 0.717) is 36.2 Å². The quantitative estimate of drug-likeness (QED) is 0.395. The zero-order valence-electron chi connectivity index (χ0n) is 22.5. The SMILES string of the molecule is C.CN(C)S(C)(=O)=O.COc1cc(NC(C)=O)ccc1Nc1ncc(C(F)(F)F)c(OC2Cc3ccccc3C2)n1. The van der Waals surface area contributed by atoms with Gasteiger partial charge in [-0.05, 0) is 23.3 Å². The van der Waals surface area contributed by atoms with E-state index in [1.54, 1.807) is 18.2 Å². The minimum absolute atomic E-state index is 0. The summed E-state index contributed by atoms with van der Waals surface area (Å²) in [5.41, 5.74) is 1.96. The zero-order chi connectivity index (χ0) is 29.7. The van der Waals surface area contributed by atoms with Crippen LogP contribution >= 0.6 is 0 Å². The number of carbonyl (C=O) groups excluding carboxylic acids is 1. The summed E-state index contributed by atoms with van der Waals surface area (Å²) in [6, 6.07) is 12.4. The third-order valence-electron chi connectivity index (χ3n) is 5.78. The van der Waals surface area contributed by atoms with Crippen molar-refractivity contribution in [2.24, 2.45) is 0 Å². The summed E-state index contributed by atoms with van der Waals surface area (Å²) in [4.78, 5) is 19.1. The van der Waals surface area contributed by atoms with E-state index in [1.165, 1.54) is 28.1 Å². The Morgan fingerprint density at radius 3 is 2.17 bits per heavy atom. The van der Waals surface area contributed by atoms with E-state index in [-0.39, 0.29) is 19.3 Å². The minimum Gasteiger partial charge on any atom is -0.494 e. The molecule has 10 nitrogen and oxygen atoms in total. The van der Waals surface area contributed by atoms with Gasteiger partial charge in [0.25, 0.3) is 0 Å². The van der Waals surface area contributed by atoms with Crippen LogP contribution in [-0.2, 0) is 33.8 Å². The highest BCUT2D eigenvalue weighted by atomic mass is 32.2.